The minimum absolute atomic E-state index is 0.0439. The van der Waals surface area contributed by atoms with E-state index in [1.165, 1.54) is 7.11 Å². The van der Waals surface area contributed by atoms with E-state index >= 15 is 0 Å². The van der Waals surface area contributed by atoms with Gasteiger partial charge in [0.15, 0.2) is 11.5 Å². The third-order valence-electron chi connectivity index (χ3n) is 4.94. The number of benzene rings is 1. The molecule has 0 saturated heterocycles. The summed E-state index contributed by atoms with van der Waals surface area (Å²) in [4.78, 5) is 25.5. The summed E-state index contributed by atoms with van der Waals surface area (Å²) in [6, 6.07) is 3.19. The first-order valence-corrected chi connectivity index (χ1v) is 9.20. The number of carbonyl (C=O) groups is 2. The highest BCUT2D eigenvalue weighted by atomic mass is 35.5. The maximum atomic E-state index is 12.8. The predicted molar refractivity (Wildman–Crippen MR) is 101 cm³/mol. The largest absolute Gasteiger partial charge is 0.503 e. The Morgan fingerprint density at radius 1 is 1.37 bits per heavy atom. The van der Waals surface area contributed by atoms with E-state index in [9.17, 15) is 14.7 Å². The number of nitrogens with one attached hydrogen (secondary N) is 1. The normalized spacial score (nSPS) is 21.9. The lowest BCUT2D eigenvalue weighted by Gasteiger charge is -2.38. The van der Waals surface area contributed by atoms with Gasteiger partial charge in [0.05, 0.1) is 30.2 Å². The highest BCUT2D eigenvalue weighted by molar-refractivity contribution is 6.32. The van der Waals surface area contributed by atoms with Crippen LogP contribution < -0.4 is 10.1 Å². The van der Waals surface area contributed by atoms with Crippen LogP contribution >= 0.6 is 11.6 Å². The zero-order valence-electron chi connectivity index (χ0n) is 15.5. The van der Waals surface area contributed by atoms with Crippen molar-refractivity contribution in [1.82, 2.24) is 5.32 Å². The SMILES string of the molecule is CCOC(=O)C1=C(C)NC2=CCCC(=O)C2C1c1cc(Cl)c(O)c(OC)c1. The number of halogens is 1. The minimum atomic E-state index is -0.573. The number of phenols is 1. The molecule has 0 spiro atoms. The number of ether oxygens (including phenoxy) is 2. The molecular formula is C20H22ClNO5. The van der Waals surface area contributed by atoms with Crippen molar-refractivity contribution in [3.8, 4) is 11.5 Å². The van der Waals surface area contributed by atoms with Crippen LogP contribution in [0.5, 0.6) is 11.5 Å². The topological polar surface area (TPSA) is 84.9 Å². The smallest absolute Gasteiger partial charge is 0.336 e. The number of rotatable bonds is 4. The molecule has 1 aliphatic carbocycles. The summed E-state index contributed by atoms with van der Waals surface area (Å²) in [5.74, 6) is -1.54. The fourth-order valence-corrected chi connectivity index (χ4v) is 4.00. The van der Waals surface area contributed by atoms with Gasteiger partial charge in [0, 0.05) is 23.7 Å². The van der Waals surface area contributed by atoms with Crippen LogP contribution in [0.4, 0.5) is 0 Å². The average molecular weight is 392 g/mol. The van der Waals surface area contributed by atoms with Gasteiger partial charge in [-0.05, 0) is 38.0 Å². The van der Waals surface area contributed by atoms with Gasteiger partial charge < -0.3 is 19.9 Å². The number of ketones is 1. The van der Waals surface area contributed by atoms with E-state index in [2.05, 4.69) is 5.32 Å². The predicted octanol–water partition coefficient (Wildman–Crippen LogP) is 3.44. The Labute approximate surface area is 162 Å². The molecule has 1 heterocycles. The summed E-state index contributed by atoms with van der Waals surface area (Å²) in [5.41, 5.74) is 2.42. The molecule has 27 heavy (non-hydrogen) atoms. The maximum absolute atomic E-state index is 12.8. The summed E-state index contributed by atoms with van der Waals surface area (Å²) in [5, 5.41) is 13.4. The molecule has 0 bridgehead atoms. The van der Waals surface area contributed by atoms with Crippen molar-refractivity contribution in [1.29, 1.82) is 0 Å². The van der Waals surface area contributed by atoms with Crippen molar-refractivity contribution in [2.75, 3.05) is 13.7 Å². The van der Waals surface area contributed by atoms with Gasteiger partial charge in [-0.3, -0.25) is 4.79 Å². The quantitative estimate of drug-likeness (QED) is 0.765. The molecule has 0 radical (unpaired) electrons. The van der Waals surface area contributed by atoms with Crippen molar-refractivity contribution in [3.63, 3.8) is 0 Å². The van der Waals surface area contributed by atoms with Crippen molar-refractivity contribution < 1.29 is 24.2 Å². The van der Waals surface area contributed by atoms with Gasteiger partial charge >= 0.3 is 5.97 Å². The summed E-state index contributed by atoms with van der Waals surface area (Å²) < 4.78 is 10.5. The Bertz CT molecular complexity index is 858. The van der Waals surface area contributed by atoms with Crippen LogP contribution in [-0.2, 0) is 14.3 Å². The van der Waals surface area contributed by atoms with E-state index in [1.807, 2.05) is 6.08 Å². The van der Waals surface area contributed by atoms with Gasteiger partial charge in [0.2, 0.25) is 0 Å². The maximum Gasteiger partial charge on any atom is 0.336 e. The summed E-state index contributed by atoms with van der Waals surface area (Å²) in [7, 11) is 1.42. The minimum Gasteiger partial charge on any atom is -0.503 e. The number of allylic oxidation sites excluding steroid dienone is 3. The van der Waals surface area contributed by atoms with Crippen LogP contribution in [0.15, 0.2) is 35.2 Å². The number of hydrogen-bond donors (Lipinski definition) is 2. The van der Waals surface area contributed by atoms with Crippen LogP contribution in [-0.4, -0.2) is 30.6 Å². The number of phenolic OH excluding ortho intramolecular Hbond substituents is 1. The molecule has 7 heteroatoms. The van der Waals surface area contributed by atoms with Gasteiger partial charge in [-0.1, -0.05) is 17.7 Å². The third-order valence-corrected chi connectivity index (χ3v) is 5.23. The zero-order chi connectivity index (χ0) is 19.7. The summed E-state index contributed by atoms with van der Waals surface area (Å²) >= 11 is 6.18. The highest BCUT2D eigenvalue weighted by Gasteiger charge is 2.43. The molecule has 2 aliphatic rings. The lowest BCUT2D eigenvalue weighted by atomic mass is 9.71. The molecule has 1 aromatic rings. The van der Waals surface area contributed by atoms with E-state index in [0.29, 0.717) is 29.7 Å². The molecule has 0 saturated carbocycles. The summed E-state index contributed by atoms with van der Waals surface area (Å²) in [6.45, 7) is 3.74. The molecule has 2 atom stereocenters. The zero-order valence-corrected chi connectivity index (χ0v) is 16.2. The molecule has 2 unspecified atom stereocenters. The van der Waals surface area contributed by atoms with Crippen LogP contribution in [0.3, 0.4) is 0 Å². The molecule has 0 fully saturated rings. The van der Waals surface area contributed by atoms with E-state index in [-0.39, 0.29) is 28.9 Å². The Kier molecular flexibility index (Phi) is 5.46. The Morgan fingerprint density at radius 3 is 2.78 bits per heavy atom. The van der Waals surface area contributed by atoms with E-state index < -0.39 is 17.8 Å². The highest BCUT2D eigenvalue weighted by Crippen LogP contribution is 2.47. The fraction of sp³-hybridized carbons (Fsp3) is 0.400. The fourth-order valence-electron chi connectivity index (χ4n) is 3.78. The van der Waals surface area contributed by atoms with Crippen LogP contribution in [0.25, 0.3) is 0 Å². The number of hydrogen-bond acceptors (Lipinski definition) is 6. The number of aromatic hydroxyl groups is 1. The van der Waals surface area contributed by atoms with Crippen molar-refractivity contribution >= 4 is 23.4 Å². The number of Topliss-reactive ketones (excluding diaryl/α,β-unsaturated/α-hetero) is 1. The third kappa shape index (κ3) is 3.41. The number of methoxy groups -OCH3 is 1. The van der Waals surface area contributed by atoms with Crippen molar-refractivity contribution in [3.05, 3.63) is 45.8 Å². The van der Waals surface area contributed by atoms with Gasteiger partial charge in [0.25, 0.3) is 0 Å². The van der Waals surface area contributed by atoms with E-state index in [0.717, 1.165) is 5.70 Å². The second-order valence-electron chi connectivity index (χ2n) is 6.56. The Morgan fingerprint density at radius 2 is 2.11 bits per heavy atom. The summed E-state index contributed by atoms with van der Waals surface area (Å²) in [6.07, 6.45) is 3.06. The number of esters is 1. The molecular weight excluding hydrogens is 370 g/mol. The van der Waals surface area contributed by atoms with E-state index in [4.69, 9.17) is 21.1 Å². The molecule has 1 aromatic carbocycles. The standard InChI is InChI=1S/C20H22ClNO5/c1-4-27-20(25)16-10(2)22-13-6-5-7-14(23)18(13)17(16)11-8-12(21)19(24)15(9-11)26-3/h6,8-9,17-18,22,24H,4-5,7H2,1-3H3. The van der Waals surface area contributed by atoms with E-state index in [1.54, 1.807) is 26.0 Å². The second-order valence-corrected chi connectivity index (χ2v) is 6.96. The Balaban J connectivity index is 2.22. The average Bonchev–Trinajstić information content (AvgIpc) is 2.63. The molecule has 1 aliphatic heterocycles. The van der Waals surface area contributed by atoms with Gasteiger partial charge in [-0.2, -0.15) is 0 Å². The monoisotopic (exact) mass is 391 g/mol. The molecule has 0 aromatic heterocycles. The van der Waals surface area contributed by atoms with Crippen molar-refractivity contribution in [2.24, 2.45) is 5.92 Å². The van der Waals surface area contributed by atoms with Gasteiger partial charge in [-0.25, -0.2) is 4.79 Å². The number of carbonyl (C=O) groups excluding carboxylic acids is 2. The second kappa shape index (κ2) is 7.64. The van der Waals surface area contributed by atoms with Crippen molar-refractivity contribution in [2.45, 2.75) is 32.6 Å². The molecule has 2 N–H and O–H groups in total. The first kappa shape index (κ1) is 19.3. The lowest BCUT2D eigenvalue weighted by Crippen LogP contribution is -2.40. The molecule has 144 valence electrons. The lowest BCUT2D eigenvalue weighted by molar-refractivity contribution is -0.139. The van der Waals surface area contributed by atoms with Crippen LogP contribution in [0.1, 0.15) is 38.2 Å². The Hall–Kier alpha value is -2.47. The van der Waals surface area contributed by atoms with Crippen LogP contribution in [0.2, 0.25) is 5.02 Å². The van der Waals surface area contributed by atoms with Crippen LogP contribution in [0, 0.1) is 5.92 Å². The first-order chi connectivity index (χ1) is 12.9. The molecule has 3 rings (SSSR count). The first-order valence-electron chi connectivity index (χ1n) is 8.83. The molecule has 6 nitrogen and oxygen atoms in total. The van der Waals surface area contributed by atoms with Gasteiger partial charge in [0.1, 0.15) is 5.78 Å². The number of fused-ring (bicyclic) bond motifs is 1. The van der Waals surface area contributed by atoms with Gasteiger partial charge in [-0.15, -0.1) is 0 Å². The molecule has 0 amide bonds.